The van der Waals surface area contributed by atoms with Gasteiger partial charge in [-0.2, -0.15) is 5.10 Å². The molecule has 1 saturated heterocycles. The number of thioether (sulfide) groups is 1. The highest BCUT2D eigenvalue weighted by atomic mass is 32.2. The van der Waals surface area contributed by atoms with Gasteiger partial charge in [-0.3, -0.25) is 4.79 Å². The van der Waals surface area contributed by atoms with Gasteiger partial charge in [-0.05, 0) is 17.7 Å². The summed E-state index contributed by atoms with van der Waals surface area (Å²) < 4.78 is 1.01. The summed E-state index contributed by atoms with van der Waals surface area (Å²) in [5.41, 5.74) is 7.44. The summed E-state index contributed by atoms with van der Waals surface area (Å²) in [6.07, 6.45) is 1.63. The first kappa shape index (κ1) is 12.1. The van der Waals surface area contributed by atoms with Crippen LogP contribution in [0, 0.1) is 0 Å². The van der Waals surface area contributed by atoms with E-state index in [1.807, 2.05) is 18.2 Å². The van der Waals surface area contributed by atoms with Crippen molar-refractivity contribution in [2.75, 3.05) is 11.5 Å². The fourth-order valence-corrected chi connectivity index (χ4v) is 2.98. The molecular weight excluding hydrogens is 282 g/mol. The summed E-state index contributed by atoms with van der Waals surface area (Å²) >= 11 is 2.78. The van der Waals surface area contributed by atoms with Crippen molar-refractivity contribution in [2.45, 2.75) is 0 Å². The van der Waals surface area contributed by atoms with E-state index >= 15 is 0 Å². The number of carbonyl (C=O) groups excluding carboxylic acids is 1. The van der Waals surface area contributed by atoms with E-state index in [-0.39, 0.29) is 5.91 Å². The van der Waals surface area contributed by atoms with E-state index < -0.39 is 0 Å². The minimum absolute atomic E-state index is 0.0412. The van der Waals surface area contributed by atoms with E-state index in [1.54, 1.807) is 6.21 Å². The molecule has 0 bridgehead atoms. The Kier molecular flexibility index (Phi) is 3.18. The lowest BCUT2D eigenvalue weighted by atomic mass is 10.2. The van der Waals surface area contributed by atoms with E-state index in [0.717, 1.165) is 15.8 Å². The second kappa shape index (κ2) is 4.98. The molecule has 8 heteroatoms. The Morgan fingerprint density at radius 3 is 3.16 bits per heavy atom. The van der Waals surface area contributed by atoms with Gasteiger partial charge in [-0.25, -0.2) is 4.98 Å². The van der Waals surface area contributed by atoms with Gasteiger partial charge in [0, 0.05) is 0 Å². The molecule has 1 aliphatic heterocycles. The number of fused-ring (bicyclic) bond motifs is 1. The van der Waals surface area contributed by atoms with Gasteiger partial charge in [-0.15, -0.1) is 5.10 Å². The molecule has 0 saturated carbocycles. The summed E-state index contributed by atoms with van der Waals surface area (Å²) in [4.78, 5) is 15.1. The number of anilines is 1. The number of nitrogens with two attached hydrogens (primary N) is 1. The van der Waals surface area contributed by atoms with E-state index in [1.165, 1.54) is 23.1 Å². The van der Waals surface area contributed by atoms with E-state index in [9.17, 15) is 4.79 Å². The first-order valence-corrected chi connectivity index (χ1v) is 7.21. The molecule has 3 rings (SSSR count). The van der Waals surface area contributed by atoms with Gasteiger partial charge in [-0.1, -0.05) is 29.2 Å². The third kappa shape index (κ3) is 2.74. The zero-order valence-electron chi connectivity index (χ0n) is 9.66. The predicted octanol–water partition coefficient (Wildman–Crippen LogP) is 1.43. The first-order chi connectivity index (χ1) is 9.20. The van der Waals surface area contributed by atoms with Crippen LogP contribution in [-0.4, -0.2) is 28.0 Å². The van der Waals surface area contributed by atoms with Crippen molar-refractivity contribution >= 4 is 55.7 Å². The zero-order chi connectivity index (χ0) is 13.2. The minimum Gasteiger partial charge on any atom is -0.375 e. The number of rotatable bonds is 2. The van der Waals surface area contributed by atoms with Crippen LogP contribution in [0.15, 0.2) is 28.4 Å². The van der Waals surface area contributed by atoms with Crippen LogP contribution in [0.1, 0.15) is 5.56 Å². The van der Waals surface area contributed by atoms with Crippen LogP contribution in [0.2, 0.25) is 0 Å². The molecule has 1 aromatic carbocycles. The predicted molar refractivity (Wildman–Crippen MR) is 79.7 cm³/mol. The van der Waals surface area contributed by atoms with Gasteiger partial charge >= 0.3 is 0 Å². The molecule has 0 unspecified atom stereocenters. The summed E-state index contributed by atoms with van der Waals surface area (Å²) in [5.74, 6) is 0.362. The number of nitrogens with one attached hydrogen (secondary N) is 1. The maximum Gasteiger partial charge on any atom is 0.236 e. The average molecular weight is 291 g/mol. The fourth-order valence-electron chi connectivity index (χ4n) is 1.57. The molecule has 3 N–H and O–H groups in total. The smallest absolute Gasteiger partial charge is 0.236 e. The molecule has 1 amide bonds. The molecule has 6 nitrogen and oxygen atoms in total. The Balaban J connectivity index is 1.79. The molecule has 0 radical (unpaired) electrons. The Labute approximate surface area is 116 Å². The van der Waals surface area contributed by atoms with Crippen molar-refractivity contribution in [3.8, 4) is 0 Å². The molecule has 1 aliphatic rings. The maximum absolute atomic E-state index is 11.0. The van der Waals surface area contributed by atoms with Gasteiger partial charge in [0.2, 0.25) is 5.91 Å². The first-order valence-electron chi connectivity index (χ1n) is 5.40. The Morgan fingerprint density at radius 2 is 2.37 bits per heavy atom. The summed E-state index contributed by atoms with van der Waals surface area (Å²) in [6, 6.07) is 5.74. The van der Waals surface area contributed by atoms with Crippen molar-refractivity contribution in [3.05, 3.63) is 23.8 Å². The zero-order valence-corrected chi connectivity index (χ0v) is 11.3. The SMILES string of the molecule is Nc1nc2ccc(C=NN=C3NC(=O)CS3)cc2s1. The Morgan fingerprint density at radius 1 is 1.47 bits per heavy atom. The normalized spacial score (nSPS) is 17.7. The highest BCUT2D eigenvalue weighted by Gasteiger charge is 2.15. The standard InChI is InChI=1S/C11H9N5OS2/c12-10-14-7-2-1-6(3-8(7)19-10)4-13-16-11-15-9(17)5-18-11/h1-4H,5H2,(H2,12,14)(H,15,16,17). The molecule has 19 heavy (non-hydrogen) atoms. The van der Waals surface area contributed by atoms with Gasteiger partial charge in [0.05, 0.1) is 22.2 Å². The molecule has 0 atom stereocenters. The van der Waals surface area contributed by atoms with Gasteiger partial charge in [0.1, 0.15) is 0 Å². The molecular formula is C11H9N5OS2. The number of thiazole rings is 1. The van der Waals surface area contributed by atoms with E-state index in [0.29, 0.717) is 16.1 Å². The molecule has 1 aromatic heterocycles. The lowest BCUT2D eigenvalue weighted by molar-refractivity contribution is -0.116. The van der Waals surface area contributed by atoms with Crippen molar-refractivity contribution in [1.29, 1.82) is 0 Å². The second-order valence-electron chi connectivity index (χ2n) is 3.77. The maximum atomic E-state index is 11.0. The molecule has 0 spiro atoms. The van der Waals surface area contributed by atoms with Crippen LogP contribution in [-0.2, 0) is 4.79 Å². The molecule has 1 fully saturated rings. The van der Waals surface area contributed by atoms with Crippen molar-refractivity contribution in [2.24, 2.45) is 10.2 Å². The highest BCUT2D eigenvalue weighted by Crippen LogP contribution is 2.24. The van der Waals surface area contributed by atoms with Gasteiger partial charge in [0.15, 0.2) is 10.3 Å². The molecule has 96 valence electrons. The average Bonchev–Trinajstić information content (AvgIpc) is 2.94. The Bertz CT molecular complexity index is 706. The van der Waals surface area contributed by atoms with Crippen LogP contribution in [0.5, 0.6) is 0 Å². The monoisotopic (exact) mass is 291 g/mol. The second-order valence-corrected chi connectivity index (χ2v) is 5.79. The largest absolute Gasteiger partial charge is 0.375 e. The molecule has 2 heterocycles. The Hall–Kier alpha value is -1.93. The summed E-state index contributed by atoms with van der Waals surface area (Å²) in [6.45, 7) is 0. The van der Waals surface area contributed by atoms with Crippen molar-refractivity contribution in [1.82, 2.24) is 10.3 Å². The summed E-state index contributed by atoms with van der Waals surface area (Å²) in [7, 11) is 0. The number of benzene rings is 1. The number of hydrogen-bond donors (Lipinski definition) is 2. The number of nitrogens with zero attached hydrogens (tertiary/aromatic N) is 3. The van der Waals surface area contributed by atoms with Gasteiger partial charge in [0.25, 0.3) is 0 Å². The molecule has 2 aromatic rings. The molecule has 0 aliphatic carbocycles. The van der Waals surface area contributed by atoms with Gasteiger partial charge < -0.3 is 11.1 Å². The van der Waals surface area contributed by atoms with Crippen LogP contribution in [0.4, 0.5) is 5.13 Å². The number of carbonyl (C=O) groups is 1. The number of amidine groups is 1. The quantitative estimate of drug-likeness (QED) is 0.646. The number of amides is 1. The number of nitrogen functional groups attached to an aromatic ring is 1. The van der Waals surface area contributed by atoms with Crippen molar-refractivity contribution in [3.63, 3.8) is 0 Å². The number of hydrogen-bond acceptors (Lipinski definition) is 7. The van der Waals surface area contributed by atoms with Crippen LogP contribution >= 0.6 is 23.1 Å². The summed E-state index contributed by atoms with van der Waals surface area (Å²) in [5, 5.41) is 11.6. The third-order valence-corrected chi connectivity index (χ3v) is 4.08. The highest BCUT2D eigenvalue weighted by molar-refractivity contribution is 8.15. The lowest BCUT2D eigenvalue weighted by Gasteiger charge is -1.92. The fraction of sp³-hybridized carbons (Fsp3) is 0.0909. The third-order valence-electron chi connectivity index (χ3n) is 2.37. The van der Waals surface area contributed by atoms with Crippen LogP contribution < -0.4 is 11.1 Å². The lowest BCUT2D eigenvalue weighted by Crippen LogP contribution is -2.19. The van der Waals surface area contributed by atoms with E-state index in [2.05, 4.69) is 20.5 Å². The van der Waals surface area contributed by atoms with Crippen molar-refractivity contribution < 1.29 is 4.79 Å². The van der Waals surface area contributed by atoms with Crippen LogP contribution in [0.3, 0.4) is 0 Å². The van der Waals surface area contributed by atoms with Crippen LogP contribution in [0.25, 0.3) is 10.2 Å². The topological polar surface area (TPSA) is 92.7 Å². The van der Waals surface area contributed by atoms with E-state index in [4.69, 9.17) is 5.73 Å². The number of aromatic nitrogens is 1. The minimum atomic E-state index is -0.0412.